The maximum Gasteiger partial charge on any atom is 0.472 e. The zero-order chi connectivity index (χ0) is 12.2. The van der Waals surface area contributed by atoms with Gasteiger partial charge in [0.05, 0.1) is 26.4 Å². The van der Waals surface area contributed by atoms with Gasteiger partial charge in [-0.1, -0.05) is 6.08 Å². The summed E-state index contributed by atoms with van der Waals surface area (Å²) < 4.78 is 23.7. The maximum atomic E-state index is 10.5. The molecule has 1 N–H and O–H groups in total. The summed E-state index contributed by atoms with van der Waals surface area (Å²) in [6, 6.07) is 0. The predicted octanol–water partition coefficient (Wildman–Crippen LogP) is 2.37. The summed E-state index contributed by atoms with van der Waals surface area (Å²) in [5, 5.41) is 0. The Morgan fingerprint density at radius 3 is 1.80 bits per heavy atom. The minimum Gasteiger partial charge on any atom is -0.377 e. The molecule has 5 nitrogen and oxygen atoms in total. The molecule has 1 aliphatic heterocycles. The Morgan fingerprint density at radius 2 is 1.67 bits per heavy atom. The van der Waals surface area contributed by atoms with Gasteiger partial charge in [0.15, 0.2) is 0 Å². The van der Waals surface area contributed by atoms with E-state index < -0.39 is 7.82 Å². The van der Waals surface area contributed by atoms with Gasteiger partial charge in [0, 0.05) is 0 Å². The van der Waals surface area contributed by atoms with Crippen LogP contribution in [0.3, 0.4) is 0 Å². The van der Waals surface area contributed by atoms with Crippen LogP contribution in [0.15, 0.2) is 12.7 Å². The SMILES string of the molecule is C1CO1.C=CC.CCOP(=O)(O)OCC. The Morgan fingerprint density at radius 1 is 1.40 bits per heavy atom. The van der Waals surface area contributed by atoms with Crippen LogP contribution in [0.1, 0.15) is 20.8 Å². The molecular weight excluding hydrogens is 219 g/mol. The maximum absolute atomic E-state index is 10.5. The standard InChI is InChI=1S/C4H11O4P.C3H6.C2H4O/c1-3-7-9(5,6)8-4-2;1-3-2;1-2-3-1/h3-4H2,1-2H3,(H,5,6);3H,1H2,2H3;1-2H2. The zero-order valence-electron chi connectivity index (χ0n) is 9.64. The molecule has 0 radical (unpaired) electrons. The fourth-order valence-corrected chi connectivity index (χ4v) is 1.09. The molecule has 1 rings (SSSR count). The van der Waals surface area contributed by atoms with Crippen LogP contribution in [0.2, 0.25) is 0 Å². The quantitative estimate of drug-likeness (QED) is 0.464. The van der Waals surface area contributed by atoms with Gasteiger partial charge in [-0.2, -0.15) is 0 Å². The summed E-state index contributed by atoms with van der Waals surface area (Å²) in [7, 11) is -3.69. The third-order valence-corrected chi connectivity index (χ3v) is 1.96. The number of rotatable bonds is 4. The number of epoxide rings is 1. The summed E-state index contributed by atoms with van der Waals surface area (Å²) in [6.07, 6.45) is 1.75. The molecule has 0 unspecified atom stereocenters. The highest BCUT2D eigenvalue weighted by atomic mass is 31.2. The normalized spacial score (nSPS) is 12.8. The van der Waals surface area contributed by atoms with Crippen molar-refractivity contribution in [3.63, 3.8) is 0 Å². The predicted molar refractivity (Wildman–Crippen MR) is 59.8 cm³/mol. The number of ether oxygens (including phenoxy) is 1. The number of phosphoric acid groups is 1. The molecule has 1 heterocycles. The lowest BCUT2D eigenvalue weighted by Crippen LogP contribution is -1.93. The fourth-order valence-electron chi connectivity index (χ4n) is 0.364. The summed E-state index contributed by atoms with van der Waals surface area (Å²) in [5.41, 5.74) is 0. The third-order valence-electron chi connectivity index (χ3n) is 0.789. The van der Waals surface area contributed by atoms with Gasteiger partial charge in [-0.15, -0.1) is 6.58 Å². The second-order valence-corrected chi connectivity index (χ2v) is 3.78. The van der Waals surface area contributed by atoms with Crippen molar-refractivity contribution in [2.24, 2.45) is 0 Å². The first-order valence-electron chi connectivity index (χ1n) is 4.80. The minimum absolute atomic E-state index is 0.188. The van der Waals surface area contributed by atoms with Gasteiger partial charge < -0.3 is 9.63 Å². The lowest BCUT2D eigenvalue weighted by atomic mass is 10.8. The summed E-state index contributed by atoms with van der Waals surface area (Å²) in [4.78, 5) is 8.63. The van der Waals surface area contributed by atoms with Crippen LogP contribution in [0.4, 0.5) is 0 Å². The molecule has 0 bridgehead atoms. The summed E-state index contributed by atoms with van der Waals surface area (Å²) >= 11 is 0. The van der Waals surface area contributed by atoms with Crippen LogP contribution in [-0.4, -0.2) is 31.3 Å². The molecular formula is C9H21O5P. The van der Waals surface area contributed by atoms with Crippen molar-refractivity contribution in [1.82, 2.24) is 0 Å². The highest BCUT2D eigenvalue weighted by molar-refractivity contribution is 7.47. The van der Waals surface area contributed by atoms with Crippen LogP contribution < -0.4 is 0 Å². The smallest absolute Gasteiger partial charge is 0.377 e. The van der Waals surface area contributed by atoms with E-state index in [4.69, 9.17) is 4.89 Å². The fraction of sp³-hybridized carbons (Fsp3) is 0.778. The lowest BCUT2D eigenvalue weighted by molar-refractivity contribution is 0.161. The second kappa shape index (κ2) is 11.9. The number of hydrogen-bond acceptors (Lipinski definition) is 4. The molecule has 1 aliphatic rings. The molecule has 0 atom stereocenters. The molecule has 6 heteroatoms. The average molecular weight is 240 g/mol. The Hall–Kier alpha value is -0.190. The van der Waals surface area contributed by atoms with E-state index in [2.05, 4.69) is 20.4 Å². The van der Waals surface area contributed by atoms with Crippen LogP contribution in [0.25, 0.3) is 0 Å². The van der Waals surface area contributed by atoms with E-state index in [0.29, 0.717) is 0 Å². The molecule has 0 amide bonds. The molecule has 15 heavy (non-hydrogen) atoms. The molecule has 0 spiro atoms. The lowest BCUT2D eigenvalue weighted by Gasteiger charge is -2.07. The molecule has 92 valence electrons. The molecule has 0 aromatic carbocycles. The average Bonchev–Trinajstić information content (AvgIpc) is 2.90. The van der Waals surface area contributed by atoms with Gasteiger partial charge in [-0.3, -0.25) is 9.05 Å². The second-order valence-electron chi connectivity index (χ2n) is 2.32. The van der Waals surface area contributed by atoms with E-state index >= 15 is 0 Å². The summed E-state index contributed by atoms with van der Waals surface area (Å²) in [5.74, 6) is 0. The Bertz CT molecular complexity index is 169. The minimum atomic E-state index is -3.69. The number of allylic oxidation sites excluding steroid dienone is 1. The molecule has 1 fully saturated rings. The van der Waals surface area contributed by atoms with Crippen LogP contribution in [0, 0.1) is 0 Å². The van der Waals surface area contributed by atoms with Crippen molar-refractivity contribution in [2.75, 3.05) is 26.4 Å². The van der Waals surface area contributed by atoms with Crippen molar-refractivity contribution in [3.8, 4) is 0 Å². The highest BCUT2D eigenvalue weighted by Gasteiger charge is 2.17. The first-order valence-corrected chi connectivity index (χ1v) is 6.30. The topological polar surface area (TPSA) is 68.3 Å². The summed E-state index contributed by atoms with van der Waals surface area (Å²) in [6.45, 7) is 10.9. The van der Waals surface area contributed by atoms with Crippen molar-refractivity contribution >= 4 is 7.82 Å². The van der Waals surface area contributed by atoms with Gasteiger partial charge in [0.25, 0.3) is 0 Å². The van der Waals surface area contributed by atoms with Gasteiger partial charge in [0.1, 0.15) is 0 Å². The van der Waals surface area contributed by atoms with E-state index in [1.54, 1.807) is 19.9 Å². The molecule has 0 aromatic heterocycles. The first-order chi connectivity index (χ1) is 7.04. The number of phosphoric ester groups is 1. The molecule has 0 saturated carbocycles. The van der Waals surface area contributed by atoms with Crippen molar-refractivity contribution in [3.05, 3.63) is 12.7 Å². The molecule has 0 aliphatic carbocycles. The van der Waals surface area contributed by atoms with Crippen LogP contribution in [0.5, 0.6) is 0 Å². The van der Waals surface area contributed by atoms with E-state index in [-0.39, 0.29) is 13.2 Å². The van der Waals surface area contributed by atoms with Gasteiger partial charge >= 0.3 is 7.82 Å². The first kappa shape index (κ1) is 17.2. The Kier molecular flexibility index (Phi) is 13.6. The Balaban J connectivity index is 0. The van der Waals surface area contributed by atoms with Gasteiger partial charge in [-0.05, 0) is 20.8 Å². The Labute approximate surface area is 91.7 Å². The van der Waals surface area contributed by atoms with Crippen LogP contribution >= 0.6 is 7.82 Å². The van der Waals surface area contributed by atoms with Crippen molar-refractivity contribution in [2.45, 2.75) is 20.8 Å². The largest absolute Gasteiger partial charge is 0.472 e. The van der Waals surface area contributed by atoms with Gasteiger partial charge in [-0.25, -0.2) is 4.57 Å². The number of hydrogen-bond donors (Lipinski definition) is 1. The zero-order valence-corrected chi connectivity index (χ0v) is 10.5. The molecule has 1 saturated heterocycles. The van der Waals surface area contributed by atoms with Gasteiger partial charge in [0.2, 0.25) is 0 Å². The van der Waals surface area contributed by atoms with E-state index in [1.807, 2.05) is 6.92 Å². The van der Waals surface area contributed by atoms with Crippen LogP contribution in [-0.2, 0) is 18.3 Å². The third kappa shape index (κ3) is 24.8. The van der Waals surface area contributed by atoms with E-state index in [0.717, 1.165) is 13.2 Å². The van der Waals surface area contributed by atoms with Crippen molar-refractivity contribution in [1.29, 1.82) is 0 Å². The monoisotopic (exact) mass is 240 g/mol. The van der Waals surface area contributed by atoms with Crippen molar-refractivity contribution < 1.29 is 23.2 Å². The van der Waals surface area contributed by atoms with E-state index in [1.165, 1.54) is 0 Å². The van der Waals surface area contributed by atoms with E-state index in [9.17, 15) is 4.57 Å². The molecule has 0 aromatic rings. The highest BCUT2D eigenvalue weighted by Crippen LogP contribution is 2.42.